The molecule has 3 aromatic rings. The lowest BCUT2D eigenvalue weighted by Gasteiger charge is -2.08. The number of benzene rings is 2. The van der Waals surface area contributed by atoms with Gasteiger partial charge in [0.2, 0.25) is 5.95 Å². The first-order valence-electron chi connectivity index (χ1n) is 7.16. The van der Waals surface area contributed by atoms with E-state index >= 15 is 0 Å². The van der Waals surface area contributed by atoms with Gasteiger partial charge in [-0.1, -0.05) is 54.1 Å². The fourth-order valence-corrected chi connectivity index (χ4v) is 2.41. The molecule has 116 valence electrons. The van der Waals surface area contributed by atoms with Gasteiger partial charge in [-0.15, -0.1) is 5.10 Å². The van der Waals surface area contributed by atoms with E-state index in [1.165, 1.54) is 4.68 Å². The third-order valence-electron chi connectivity index (χ3n) is 3.30. The predicted octanol–water partition coefficient (Wildman–Crippen LogP) is 3.54. The van der Waals surface area contributed by atoms with E-state index in [0.29, 0.717) is 28.9 Å². The van der Waals surface area contributed by atoms with Crippen LogP contribution in [-0.2, 0) is 6.54 Å². The molecule has 1 aromatic heterocycles. The van der Waals surface area contributed by atoms with Gasteiger partial charge in [0.25, 0.3) is 5.91 Å². The van der Waals surface area contributed by atoms with E-state index in [1.54, 1.807) is 31.2 Å². The van der Waals surface area contributed by atoms with Gasteiger partial charge in [0, 0.05) is 6.54 Å². The minimum absolute atomic E-state index is 0.313. The summed E-state index contributed by atoms with van der Waals surface area (Å²) in [5, 5.41) is 7.71. The number of aryl methyl sites for hydroxylation is 1. The van der Waals surface area contributed by atoms with Gasteiger partial charge < -0.3 is 5.32 Å². The molecule has 2 aromatic carbocycles. The Morgan fingerprint density at radius 1 is 1.13 bits per heavy atom. The molecule has 0 saturated heterocycles. The van der Waals surface area contributed by atoms with E-state index < -0.39 is 0 Å². The summed E-state index contributed by atoms with van der Waals surface area (Å²) in [5.74, 6) is 0.601. The van der Waals surface area contributed by atoms with Crippen molar-refractivity contribution in [3.05, 3.63) is 76.6 Å². The van der Waals surface area contributed by atoms with Crippen molar-refractivity contribution in [3.8, 4) is 0 Å². The van der Waals surface area contributed by atoms with Crippen molar-refractivity contribution in [2.45, 2.75) is 13.5 Å². The predicted molar refractivity (Wildman–Crippen MR) is 89.7 cm³/mol. The van der Waals surface area contributed by atoms with Crippen molar-refractivity contribution in [2.24, 2.45) is 0 Å². The Bertz CT molecular complexity index is 830. The normalized spacial score (nSPS) is 10.5. The van der Waals surface area contributed by atoms with Gasteiger partial charge in [0.05, 0.1) is 10.6 Å². The summed E-state index contributed by atoms with van der Waals surface area (Å²) in [4.78, 5) is 16.9. The number of halogens is 1. The molecule has 6 heteroatoms. The van der Waals surface area contributed by atoms with Crippen LogP contribution in [0, 0.1) is 6.92 Å². The van der Waals surface area contributed by atoms with Gasteiger partial charge in [-0.3, -0.25) is 4.79 Å². The van der Waals surface area contributed by atoms with Crippen LogP contribution in [0.3, 0.4) is 0 Å². The maximum atomic E-state index is 12.6. The lowest BCUT2D eigenvalue weighted by Crippen LogP contribution is -2.18. The maximum absolute atomic E-state index is 12.6. The van der Waals surface area contributed by atoms with Crippen LogP contribution < -0.4 is 5.32 Å². The fourth-order valence-electron chi connectivity index (χ4n) is 2.20. The molecule has 0 bridgehead atoms. The largest absolute Gasteiger partial charge is 0.350 e. The van der Waals surface area contributed by atoms with Gasteiger partial charge >= 0.3 is 0 Å². The van der Waals surface area contributed by atoms with Crippen LogP contribution in [-0.4, -0.2) is 20.7 Å². The number of carbonyl (C=O) groups is 1. The Labute approximate surface area is 138 Å². The van der Waals surface area contributed by atoms with Crippen LogP contribution in [0.1, 0.15) is 21.7 Å². The fraction of sp³-hybridized carbons (Fsp3) is 0.118. The second kappa shape index (κ2) is 6.62. The molecule has 3 rings (SSSR count). The van der Waals surface area contributed by atoms with Crippen LogP contribution in [0.4, 0.5) is 5.95 Å². The van der Waals surface area contributed by atoms with Crippen LogP contribution in [0.15, 0.2) is 54.6 Å². The SMILES string of the molecule is Cc1nc(NCc2ccccc2)n(C(=O)c2ccccc2Cl)n1. The van der Waals surface area contributed by atoms with Crippen molar-refractivity contribution >= 4 is 23.5 Å². The number of aromatic nitrogens is 3. The van der Waals surface area contributed by atoms with Crippen molar-refractivity contribution in [2.75, 3.05) is 5.32 Å². The molecule has 0 aliphatic heterocycles. The first kappa shape index (κ1) is 15.2. The van der Waals surface area contributed by atoms with Crippen molar-refractivity contribution in [3.63, 3.8) is 0 Å². The zero-order valence-electron chi connectivity index (χ0n) is 12.5. The first-order valence-corrected chi connectivity index (χ1v) is 7.53. The number of carbonyl (C=O) groups excluding carboxylic acids is 1. The molecule has 0 aliphatic rings. The van der Waals surface area contributed by atoms with Crippen molar-refractivity contribution in [1.82, 2.24) is 14.8 Å². The molecular weight excluding hydrogens is 312 g/mol. The minimum atomic E-state index is -0.313. The molecular formula is C17H15ClN4O. The molecule has 0 saturated carbocycles. The average molecular weight is 327 g/mol. The molecule has 0 atom stereocenters. The lowest BCUT2D eigenvalue weighted by atomic mass is 10.2. The van der Waals surface area contributed by atoms with E-state index in [-0.39, 0.29) is 5.91 Å². The van der Waals surface area contributed by atoms with Crippen molar-refractivity contribution in [1.29, 1.82) is 0 Å². The minimum Gasteiger partial charge on any atom is -0.350 e. The second-order valence-electron chi connectivity index (χ2n) is 5.02. The highest BCUT2D eigenvalue weighted by molar-refractivity contribution is 6.33. The van der Waals surface area contributed by atoms with Crippen LogP contribution >= 0.6 is 11.6 Å². The smallest absolute Gasteiger partial charge is 0.282 e. The Hall–Kier alpha value is -2.66. The highest BCUT2D eigenvalue weighted by Gasteiger charge is 2.18. The summed E-state index contributed by atoms with van der Waals surface area (Å²) in [6.45, 7) is 2.29. The number of nitrogens with one attached hydrogen (secondary N) is 1. The highest BCUT2D eigenvalue weighted by Crippen LogP contribution is 2.18. The lowest BCUT2D eigenvalue weighted by molar-refractivity contribution is 0.0947. The van der Waals surface area contributed by atoms with E-state index in [4.69, 9.17) is 11.6 Å². The molecule has 0 spiro atoms. The highest BCUT2D eigenvalue weighted by atomic mass is 35.5. The van der Waals surface area contributed by atoms with Crippen LogP contribution in [0.2, 0.25) is 5.02 Å². The number of rotatable bonds is 4. The zero-order valence-corrected chi connectivity index (χ0v) is 13.3. The molecule has 23 heavy (non-hydrogen) atoms. The van der Waals surface area contributed by atoms with E-state index in [2.05, 4.69) is 15.4 Å². The average Bonchev–Trinajstić information content (AvgIpc) is 2.94. The summed E-state index contributed by atoms with van der Waals surface area (Å²) in [5.41, 5.74) is 1.48. The molecule has 0 radical (unpaired) electrons. The second-order valence-corrected chi connectivity index (χ2v) is 5.43. The first-order chi connectivity index (χ1) is 11.1. The summed E-state index contributed by atoms with van der Waals surface area (Å²) in [6, 6.07) is 16.8. The number of hydrogen-bond donors (Lipinski definition) is 1. The molecule has 0 aliphatic carbocycles. The zero-order chi connectivity index (χ0) is 16.2. The quantitative estimate of drug-likeness (QED) is 0.796. The Morgan fingerprint density at radius 2 is 1.83 bits per heavy atom. The molecule has 1 N–H and O–H groups in total. The van der Waals surface area contributed by atoms with Gasteiger partial charge in [-0.2, -0.15) is 9.67 Å². The van der Waals surface area contributed by atoms with E-state index in [0.717, 1.165) is 5.56 Å². The van der Waals surface area contributed by atoms with E-state index in [9.17, 15) is 4.79 Å². The summed E-state index contributed by atoms with van der Waals surface area (Å²) in [6.07, 6.45) is 0. The van der Waals surface area contributed by atoms with Crippen LogP contribution in [0.5, 0.6) is 0 Å². The number of nitrogens with zero attached hydrogens (tertiary/aromatic N) is 3. The van der Waals surface area contributed by atoms with Gasteiger partial charge in [-0.05, 0) is 24.6 Å². The third kappa shape index (κ3) is 3.40. The Morgan fingerprint density at radius 3 is 2.57 bits per heavy atom. The molecule has 0 fully saturated rings. The van der Waals surface area contributed by atoms with Gasteiger partial charge in [-0.25, -0.2) is 0 Å². The van der Waals surface area contributed by atoms with Crippen molar-refractivity contribution < 1.29 is 4.79 Å². The summed E-state index contributed by atoms with van der Waals surface area (Å²) < 4.78 is 1.25. The standard InChI is InChI=1S/C17H15ClN4O/c1-12-20-17(19-11-13-7-3-2-4-8-13)22(21-12)16(23)14-9-5-6-10-15(14)18/h2-10H,11H2,1H3,(H,19,20,21). The molecule has 5 nitrogen and oxygen atoms in total. The van der Waals surface area contributed by atoms with Gasteiger partial charge in [0.1, 0.15) is 5.82 Å². The third-order valence-corrected chi connectivity index (χ3v) is 3.63. The summed E-state index contributed by atoms with van der Waals surface area (Å²) >= 11 is 6.10. The Kier molecular flexibility index (Phi) is 4.39. The summed E-state index contributed by atoms with van der Waals surface area (Å²) in [7, 11) is 0. The van der Waals surface area contributed by atoms with Gasteiger partial charge in [0.15, 0.2) is 0 Å². The number of hydrogen-bond acceptors (Lipinski definition) is 4. The number of anilines is 1. The Balaban J connectivity index is 1.86. The monoisotopic (exact) mass is 326 g/mol. The maximum Gasteiger partial charge on any atom is 0.282 e. The van der Waals surface area contributed by atoms with Crippen LogP contribution in [0.25, 0.3) is 0 Å². The molecule has 0 unspecified atom stereocenters. The van der Waals surface area contributed by atoms with E-state index in [1.807, 2.05) is 30.3 Å². The topological polar surface area (TPSA) is 59.8 Å². The molecule has 1 heterocycles. The molecule has 0 amide bonds.